The molecule has 178 valence electrons. The molecule has 1 unspecified atom stereocenters. The van der Waals surface area contributed by atoms with Crippen molar-refractivity contribution in [1.82, 2.24) is 10.2 Å². The number of anilines is 1. The Morgan fingerprint density at radius 2 is 1.94 bits per heavy atom. The Balaban J connectivity index is 0.00000149. The van der Waals surface area contributed by atoms with Gasteiger partial charge in [0.05, 0.1) is 21.9 Å². The van der Waals surface area contributed by atoms with Gasteiger partial charge in [-0.1, -0.05) is 37.0 Å². The van der Waals surface area contributed by atoms with Crippen molar-refractivity contribution in [1.29, 1.82) is 0 Å². The topological polar surface area (TPSA) is 56.7 Å². The van der Waals surface area contributed by atoms with E-state index in [1.54, 1.807) is 6.34 Å². The summed E-state index contributed by atoms with van der Waals surface area (Å²) < 4.78 is 29.7. The molecule has 33 heavy (non-hydrogen) atoms. The molecule has 0 aromatic heterocycles. The fourth-order valence-electron chi connectivity index (χ4n) is 3.96. The van der Waals surface area contributed by atoms with E-state index >= 15 is 0 Å². The molecule has 1 heterocycles. The van der Waals surface area contributed by atoms with E-state index in [0.29, 0.717) is 37.5 Å². The van der Waals surface area contributed by atoms with Gasteiger partial charge in [-0.25, -0.2) is 13.8 Å². The number of rotatable bonds is 7. The van der Waals surface area contributed by atoms with Gasteiger partial charge in [0.15, 0.2) is 12.1 Å². The van der Waals surface area contributed by atoms with Crippen LogP contribution < -0.4 is 10.6 Å². The fourth-order valence-corrected chi connectivity index (χ4v) is 4.45. The Morgan fingerprint density at radius 1 is 1.21 bits per heavy atom. The molecule has 5 nitrogen and oxygen atoms in total. The lowest BCUT2D eigenvalue weighted by Crippen LogP contribution is -2.39. The normalized spacial score (nSPS) is 19.8. The first kappa shape index (κ1) is 25.4. The second-order valence-electron chi connectivity index (χ2n) is 8.01. The zero-order valence-electron chi connectivity index (χ0n) is 18.9. The summed E-state index contributed by atoms with van der Waals surface area (Å²) in [5.41, 5.74) is -0.336. The molecule has 1 atom stereocenters. The maximum atomic E-state index is 14.9. The minimum Gasteiger partial charge on any atom is -0.374 e. The largest absolute Gasteiger partial charge is 0.374 e. The lowest BCUT2D eigenvalue weighted by molar-refractivity contribution is 0.112. The molecule has 1 saturated heterocycles. The third kappa shape index (κ3) is 5.48. The second-order valence-corrected chi connectivity index (χ2v) is 8.79. The van der Waals surface area contributed by atoms with Gasteiger partial charge in [-0.3, -0.25) is 4.79 Å². The highest BCUT2D eigenvalue weighted by Gasteiger charge is 2.40. The Labute approximate surface area is 203 Å². The number of carbonyl (C=O) groups excluding carboxylic acids is 1. The third-order valence-corrected chi connectivity index (χ3v) is 6.58. The van der Waals surface area contributed by atoms with Crippen LogP contribution in [0.4, 0.5) is 20.2 Å². The minimum absolute atomic E-state index is 0.0291. The number of hydrogen-bond acceptors (Lipinski definition) is 4. The van der Waals surface area contributed by atoms with Crippen LogP contribution in [0.1, 0.15) is 49.0 Å². The average Bonchev–Trinajstić information content (AvgIpc) is 3.56. The molecule has 0 spiro atoms. The number of halogens is 4. The molecule has 0 amide bonds. The summed E-state index contributed by atoms with van der Waals surface area (Å²) in [5.74, 6) is -1.16. The molecule has 0 bridgehead atoms. The van der Waals surface area contributed by atoms with Crippen LogP contribution >= 0.6 is 23.2 Å². The first-order valence-corrected chi connectivity index (χ1v) is 11.8. The molecule has 2 aromatic rings. The van der Waals surface area contributed by atoms with E-state index in [0.717, 1.165) is 12.8 Å². The van der Waals surface area contributed by atoms with Crippen molar-refractivity contribution in [3.8, 4) is 0 Å². The highest BCUT2D eigenvalue weighted by molar-refractivity contribution is 6.42. The van der Waals surface area contributed by atoms with E-state index in [4.69, 9.17) is 23.2 Å². The van der Waals surface area contributed by atoms with Crippen LogP contribution in [0.15, 0.2) is 29.3 Å². The minimum atomic E-state index is -0.949. The second kappa shape index (κ2) is 10.8. The fraction of sp³-hybridized carbons (Fsp3) is 0.417. The lowest BCUT2D eigenvalue weighted by Gasteiger charge is -2.33. The summed E-state index contributed by atoms with van der Waals surface area (Å²) in [5, 5.41) is 6.74. The highest BCUT2D eigenvalue weighted by Crippen LogP contribution is 2.41. The number of aldehydes is 1. The van der Waals surface area contributed by atoms with Gasteiger partial charge in [0.2, 0.25) is 0 Å². The van der Waals surface area contributed by atoms with Gasteiger partial charge in [-0.2, -0.15) is 0 Å². The van der Waals surface area contributed by atoms with E-state index in [9.17, 15) is 13.6 Å². The molecule has 2 fully saturated rings. The van der Waals surface area contributed by atoms with E-state index in [1.165, 1.54) is 24.3 Å². The summed E-state index contributed by atoms with van der Waals surface area (Å²) in [7, 11) is 1.87. The van der Waals surface area contributed by atoms with Gasteiger partial charge < -0.3 is 15.5 Å². The van der Waals surface area contributed by atoms with Gasteiger partial charge in [-0.05, 0) is 50.1 Å². The molecule has 9 heteroatoms. The van der Waals surface area contributed by atoms with Crippen molar-refractivity contribution >= 4 is 47.2 Å². The third-order valence-electron chi connectivity index (χ3n) is 5.77. The monoisotopic (exact) mass is 496 g/mol. The Hall–Kier alpha value is -2.22. The van der Waals surface area contributed by atoms with Crippen LogP contribution in [-0.4, -0.2) is 43.7 Å². The van der Waals surface area contributed by atoms with E-state index in [-0.39, 0.29) is 26.9 Å². The summed E-state index contributed by atoms with van der Waals surface area (Å²) in [6.07, 6.45) is 4.75. The van der Waals surface area contributed by atoms with Crippen LogP contribution in [-0.2, 0) is 5.54 Å². The van der Waals surface area contributed by atoms with Crippen molar-refractivity contribution in [2.24, 2.45) is 4.99 Å². The summed E-state index contributed by atoms with van der Waals surface area (Å²) in [6, 6.07) is 5.84. The SMILES string of the molecule is CC.CN(C=Nc1c(F)cc(NC2(c3c(F)ccc(Cl)c3Cl)CCNC2)cc1C=O)C1CC1. The van der Waals surface area contributed by atoms with Crippen LogP contribution in [0.25, 0.3) is 0 Å². The van der Waals surface area contributed by atoms with Gasteiger partial charge in [-0.15, -0.1) is 0 Å². The average molecular weight is 497 g/mol. The van der Waals surface area contributed by atoms with Crippen molar-refractivity contribution in [3.05, 3.63) is 57.1 Å². The number of aliphatic imine (C=N–C) groups is 1. The molecule has 1 aliphatic carbocycles. The van der Waals surface area contributed by atoms with Crippen LogP contribution in [0.5, 0.6) is 0 Å². The zero-order valence-corrected chi connectivity index (χ0v) is 20.4. The van der Waals surface area contributed by atoms with Crippen LogP contribution in [0.2, 0.25) is 10.0 Å². The summed E-state index contributed by atoms with van der Waals surface area (Å²) >= 11 is 12.5. The molecule has 0 radical (unpaired) electrons. The molecule has 2 aliphatic rings. The summed E-state index contributed by atoms with van der Waals surface area (Å²) in [6.45, 7) is 4.96. The predicted molar refractivity (Wildman–Crippen MR) is 131 cm³/mol. The van der Waals surface area contributed by atoms with Gasteiger partial charge in [0, 0.05) is 36.4 Å². The van der Waals surface area contributed by atoms with Gasteiger partial charge in [0.1, 0.15) is 11.5 Å². The number of hydrogen-bond donors (Lipinski definition) is 2. The van der Waals surface area contributed by atoms with Crippen molar-refractivity contribution < 1.29 is 13.6 Å². The Kier molecular flexibility index (Phi) is 8.32. The first-order chi connectivity index (χ1) is 15.8. The molecular formula is C24H28Cl2F2N4O. The number of nitrogens with one attached hydrogen (secondary N) is 2. The maximum absolute atomic E-state index is 14.9. The molecule has 1 aliphatic heterocycles. The van der Waals surface area contributed by atoms with Crippen LogP contribution in [0.3, 0.4) is 0 Å². The molecule has 2 aromatic carbocycles. The van der Waals surface area contributed by atoms with Crippen LogP contribution in [0, 0.1) is 11.6 Å². The molecule has 1 saturated carbocycles. The number of benzene rings is 2. The highest BCUT2D eigenvalue weighted by atomic mass is 35.5. The van der Waals surface area contributed by atoms with E-state index in [2.05, 4.69) is 15.6 Å². The van der Waals surface area contributed by atoms with E-state index in [1.807, 2.05) is 25.8 Å². The van der Waals surface area contributed by atoms with Crippen molar-refractivity contribution in [3.63, 3.8) is 0 Å². The quantitative estimate of drug-likeness (QED) is 0.208. The predicted octanol–water partition coefficient (Wildman–Crippen LogP) is 6.17. The maximum Gasteiger partial charge on any atom is 0.152 e. The van der Waals surface area contributed by atoms with Gasteiger partial charge in [0.25, 0.3) is 0 Å². The van der Waals surface area contributed by atoms with Crippen molar-refractivity contribution in [2.75, 3.05) is 25.5 Å². The standard InChI is InChI=1S/C22H22Cl2F2N4O.C2H6/c1-30(15-2-3-15)12-28-21-13(10-31)8-14(9-18(21)26)29-22(6-7-27-11-22)19-17(25)5-4-16(23)20(19)24;1-2/h4-5,8-10,12,15,27,29H,2-3,6-7,11H2,1H3;1-2H3. The number of nitrogens with zero attached hydrogens (tertiary/aromatic N) is 2. The lowest BCUT2D eigenvalue weighted by atomic mass is 9.87. The van der Waals surface area contributed by atoms with E-state index < -0.39 is 17.2 Å². The number of carbonyl (C=O) groups is 1. The molecule has 2 N–H and O–H groups in total. The first-order valence-electron chi connectivity index (χ1n) is 11.0. The Morgan fingerprint density at radius 3 is 2.55 bits per heavy atom. The van der Waals surface area contributed by atoms with Gasteiger partial charge >= 0.3 is 0 Å². The van der Waals surface area contributed by atoms with Crippen molar-refractivity contribution in [2.45, 2.75) is 44.7 Å². The summed E-state index contributed by atoms with van der Waals surface area (Å²) in [4.78, 5) is 17.8. The molecular weight excluding hydrogens is 469 g/mol. The zero-order chi connectivity index (χ0) is 24.2. The molecule has 4 rings (SSSR count). The Bertz CT molecular complexity index is 1040. The smallest absolute Gasteiger partial charge is 0.152 e.